The lowest BCUT2D eigenvalue weighted by atomic mass is 10.1. The number of pyridine rings is 1. The zero-order valence-electron chi connectivity index (χ0n) is 11.5. The molecule has 1 N–H and O–H groups in total. The monoisotopic (exact) mass is 295 g/mol. The zero-order valence-corrected chi connectivity index (χ0v) is 12.3. The molecule has 21 heavy (non-hydrogen) atoms. The Morgan fingerprint density at radius 2 is 2.00 bits per heavy atom. The van der Waals surface area contributed by atoms with E-state index in [1.54, 1.807) is 6.20 Å². The average molecular weight is 296 g/mol. The molecule has 0 saturated carbocycles. The predicted octanol–water partition coefficient (Wildman–Crippen LogP) is 4.64. The van der Waals surface area contributed by atoms with Crippen LogP contribution in [-0.4, -0.2) is 11.2 Å². The van der Waals surface area contributed by atoms with Crippen LogP contribution in [0.3, 0.4) is 0 Å². The summed E-state index contributed by atoms with van der Waals surface area (Å²) < 4.78 is 0. The van der Waals surface area contributed by atoms with E-state index in [1.807, 2.05) is 48.7 Å². The first-order valence-electron chi connectivity index (χ1n) is 6.63. The molecular weight excluding hydrogens is 282 g/mol. The van der Waals surface area contributed by atoms with E-state index in [0.29, 0.717) is 5.02 Å². The van der Waals surface area contributed by atoms with Gasteiger partial charge >= 0.3 is 0 Å². The molecule has 1 aromatic heterocycles. The first-order valence-corrected chi connectivity index (χ1v) is 7.01. The number of fused-ring (bicyclic) bond motifs is 1. The fraction of sp³-hybridized carbons (Fsp3) is 0.0588. The third kappa shape index (κ3) is 3.03. The Kier molecular flexibility index (Phi) is 3.84. The maximum Gasteiger partial charge on any atom is 0.0738 e. The lowest BCUT2D eigenvalue weighted by Gasteiger charge is -2.05. The van der Waals surface area contributed by atoms with Crippen molar-refractivity contribution in [1.29, 1.82) is 0 Å². The maximum absolute atomic E-state index is 5.98. The van der Waals surface area contributed by atoms with E-state index in [2.05, 4.69) is 28.5 Å². The van der Waals surface area contributed by atoms with Gasteiger partial charge in [-0.1, -0.05) is 35.9 Å². The quantitative estimate of drug-likeness (QED) is 0.564. The van der Waals surface area contributed by atoms with Crippen molar-refractivity contribution in [2.45, 2.75) is 6.92 Å². The maximum atomic E-state index is 5.98. The molecule has 0 bridgehead atoms. The summed E-state index contributed by atoms with van der Waals surface area (Å²) in [5.74, 6) is 0. The fourth-order valence-corrected chi connectivity index (χ4v) is 2.29. The molecule has 0 saturated heterocycles. The number of aryl methyl sites for hydroxylation is 1. The van der Waals surface area contributed by atoms with E-state index in [-0.39, 0.29) is 0 Å². The van der Waals surface area contributed by atoms with Gasteiger partial charge in [-0.05, 0) is 42.3 Å². The highest BCUT2D eigenvalue weighted by Crippen LogP contribution is 2.24. The molecule has 0 aliphatic heterocycles. The SMILES string of the molecule is Cc1ccccc1/C=N\Nc1ccnc2cc(Cl)ccc12. The number of aromatic nitrogens is 1. The van der Waals surface area contributed by atoms with Gasteiger partial charge in [-0.15, -0.1) is 0 Å². The number of benzene rings is 2. The molecular formula is C17H14ClN3. The van der Waals surface area contributed by atoms with Crippen LogP contribution in [0.25, 0.3) is 10.9 Å². The van der Waals surface area contributed by atoms with Crippen LogP contribution in [0.15, 0.2) is 59.8 Å². The first kappa shape index (κ1) is 13.6. The van der Waals surface area contributed by atoms with Gasteiger partial charge in [0, 0.05) is 16.6 Å². The van der Waals surface area contributed by atoms with Gasteiger partial charge < -0.3 is 0 Å². The third-order valence-corrected chi connectivity index (χ3v) is 3.52. The molecule has 3 rings (SSSR count). The second-order valence-corrected chi connectivity index (χ2v) is 5.18. The minimum absolute atomic E-state index is 0.676. The summed E-state index contributed by atoms with van der Waals surface area (Å²) in [7, 11) is 0. The molecule has 0 fully saturated rings. The number of hydrogen-bond donors (Lipinski definition) is 1. The minimum atomic E-state index is 0.676. The van der Waals surface area contributed by atoms with Crippen LogP contribution >= 0.6 is 11.6 Å². The molecule has 0 aliphatic carbocycles. The summed E-state index contributed by atoms with van der Waals surface area (Å²) in [6.45, 7) is 2.06. The van der Waals surface area contributed by atoms with Crippen LogP contribution in [0.2, 0.25) is 5.02 Å². The summed E-state index contributed by atoms with van der Waals surface area (Å²) in [6.07, 6.45) is 3.56. The topological polar surface area (TPSA) is 37.3 Å². The highest BCUT2D eigenvalue weighted by molar-refractivity contribution is 6.31. The van der Waals surface area contributed by atoms with Crippen LogP contribution < -0.4 is 5.43 Å². The molecule has 104 valence electrons. The minimum Gasteiger partial charge on any atom is -0.278 e. The number of anilines is 1. The van der Waals surface area contributed by atoms with E-state index in [0.717, 1.165) is 22.2 Å². The van der Waals surface area contributed by atoms with E-state index < -0.39 is 0 Å². The molecule has 1 heterocycles. The lowest BCUT2D eigenvalue weighted by molar-refractivity contribution is 1.33. The van der Waals surface area contributed by atoms with Crippen molar-refractivity contribution in [3.63, 3.8) is 0 Å². The van der Waals surface area contributed by atoms with Crippen LogP contribution in [0.5, 0.6) is 0 Å². The van der Waals surface area contributed by atoms with Gasteiger partial charge in [0.15, 0.2) is 0 Å². The van der Waals surface area contributed by atoms with Crippen molar-refractivity contribution in [3.05, 3.63) is 70.9 Å². The Labute approximate surface area is 128 Å². The van der Waals surface area contributed by atoms with Gasteiger partial charge in [0.2, 0.25) is 0 Å². The second kappa shape index (κ2) is 5.94. The number of nitrogens with one attached hydrogen (secondary N) is 1. The lowest BCUT2D eigenvalue weighted by Crippen LogP contribution is -1.94. The Hall–Kier alpha value is -2.39. The van der Waals surface area contributed by atoms with Crippen molar-refractivity contribution < 1.29 is 0 Å². The Balaban J connectivity index is 1.87. The van der Waals surface area contributed by atoms with Gasteiger partial charge in [0.1, 0.15) is 0 Å². The highest BCUT2D eigenvalue weighted by Gasteiger charge is 2.01. The molecule has 0 atom stereocenters. The number of hydrogen-bond acceptors (Lipinski definition) is 3. The molecule has 0 aliphatic rings. The van der Waals surface area contributed by atoms with E-state index in [1.165, 1.54) is 5.56 Å². The largest absolute Gasteiger partial charge is 0.278 e. The van der Waals surface area contributed by atoms with Crippen molar-refractivity contribution in [1.82, 2.24) is 4.98 Å². The average Bonchev–Trinajstić information content (AvgIpc) is 2.49. The summed E-state index contributed by atoms with van der Waals surface area (Å²) in [6, 6.07) is 15.6. The normalized spacial score (nSPS) is 11.1. The summed E-state index contributed by atoms with van der Waals surface area (Å²) >= 11 is 5.98. The van der Waals surface area contributed by atoms with Crippen LogP contribution in [0.4, 0.5) is 5.69 Å². The van der Waals surface area contributed by atoms with Gasteiger partial charge in [-0.2, -0.15) is 5.10 Å². The van der Waals surface area contributed by atoms with Gasteiger partial charge in [-0.25, -0.2) is 0 Å². The van der Waals surface area contributed by atoms with Crippen LogP contribution in [0.1, 0.15) is 11.1 Å². The Morgan fingerprint density at radius 1 is 1.14 bits per heavy atom. The molecule has 0 radical (unpaired) electrons. The predicted molar refractivity (Wildman–Crippen MR) is 89.1 cm³/mol. The second-order valence-electron chi connectivity index (χ2n) is 4.75. The number of nitrogens with zero attached hydrogens (tertiary/aromatic N) is 2. The van der Waals surface area contributed by atoms with Crippen molar-refractivity contribution in [2.75, 3.05) is 5.43 Å². The van der Waals surface area contributed by atoms with Crippen LogP contribution in [0, 0.1) is 6.92 Å². The molecule has 0 spiro atoms. The smallest absolute Gasteiger partial charge is 0.0738 e. The van der Waals surface area contributed by atoms with Gasteiger partial charge in [-0.3, -0.25) is 10.4 Å². The first-order chi connectivity index (χ1) is 10.2. The van der Waals surface area contributed by atoms with E-state index in [4.69, 9.17) is 11.6 Å². The molecule has 3 aromatic rings. The summed E-state index contributed by atoms with van der Waals surface area (Å²) in [5, 5.41) is 5.98. The highest BCUT2D eigenvalue weighted by atomic mass is 35.5. The van der Waals surface area contributed by atoms with Crippen molar-refractivity contribution >= 4 is 34.4 Å². The standard InChI is InChI=1S/C17H14ClN3/c1-12-4-2-3-5-13(12)11-20-21-16-8-9-19-17-10-14(18)6-7-15(16)17/h2-11H,1H3,(H,19,21)/b20-11-. The van der Waals surface area contributed by atoms with Crippen molar-refractivity contribution in [3.8, 4) is 0 Å². The Morgan fingerprint density at radius 3 is 2.86 bits per heavy atom. The summed E-state index contributed by atoms with van der Waals surface area (Å²) in [4.78, 5) is 4.31. The van der Waals surface area contributed by atoms with Crippen molar-refractivity contribution in [2.24, 2.45) is 5.10 Å². The molecule has 4 heteroatoms. The fourth-order valence-electron chi connectivity index (χ4n) is 2.12. The zero-order chi connectivity index (χ0) is 14.7. The summed E-state index contributed by atoms with van der Waals surface area (Å²) in [5.41, 5.74) is 7.10. The van der Waals surface area contributed by atoms with Crippen LogP contribution in [-0.2, 0) is 0 Å². The van der Waals surface area contributed by atoms with E-state index >= 15 is 0 Å². The molecule has 0 unspecified atom stereocenters. The number of rotatable bonds is 3. The van der Waals surface area contributed by atoms with Gasteiger partial charge in [0.25, 0.3) is 0 Å². The molecule has 2 aromatic carbocycles. The Bertz CT molecular complexity index is 812. The van der Waals surface area contributed by atoms with E-state index in [9.17, 15) is 0 Å². The van der Waals surface area contributed by atoms with Gasteiger partial charge in [0.05, 0.1) is 17.4 Å². The number of hydrazone groups is 1. The number of halogens is 1. The third-order valence-electron chi connectivity index (χ3n) is 3.28. The molecule has 0 amide bonds. The molecule has 3 nitrogen and oxygen atoms in total.